The van der Waals surface area contributed by atoms with E-state index >= 15 is 0 Å². The Kier molecular flexibility index (Phi) is 3.80. The van der Waals surface area contributed by atoms with Gasteiger partial charge in [0.15, 0.2) is 0 Å². The first-order chi connectivity index (χ1) is 11.4. The number of nitrogen functional groups attached to an aromatic ring is 1. The Bertz CT molecular complexity index is 986. The third-order valence-corrected chi connectivity index (χ3v) is 3.37. The van der Waals surface area contributed by atoms with Gasteiger partial charge in [0, 0.05) is 13.2 Å². The highest BCUT2D eigenvalue weighted by molar-refractivity contribution is 6.32. The summed E-state index contributed by atoms with van der Waals surface area (Å²) in [5.41, 5.74) is 5.01. The second-order valence-corrected chi connectivity index (χ2v) is 5.20. The van der Waals surface area contributed by atoms with Crippen LogP contribution in [0.2, 0.25) is 0 Å². The Morgan fingerprint density at radius 2 is 2.08 bits per heavy atom. The number of nitrogens with zero attached hydrogens (tertiary/aromatic N) is 3. The molecule has 7 nitrogen and oxygen atoms in total. The van der Waals surface area contributed by atoms with E-state index in [4.69, 9.17) is 10.2 Å². The van der Waals surface area contributed by atoms with Crippen LogP contribution in [-0.4, -0.2) is 22.6 Å². The summed E-state index contributed by atoms with van der Waals surface area (Å²) in [4.78, 5) is 11.9. The van der Waals surface area contributed by atoms with E-state index in [0.29, 0.717) is 5.46 Å². The van der Waals surface area contributed by atoms with Gasteiger partial charge in [-0.15, -0.1) is 5.10 Å². The molecule has 1 aromatic carbocycles. The molecular formula is C14H12BF2N5O2. The molecule has 3 N–H and O–H groups in total. The predicted molar refractivity (Wildman–Crippen MR) is 87.2 cm³/mol. The van der Waals surface area contributed by atoms with E-state index in [0.717, 1.165) is 4.57 Å². The highest BCUT2D eigenvalue weighted by atomic mass is 19.1. The zero-order valence-corrected chi connectivity index (χ0v) is 12.8. The lowest BCUT2D eigenvalue weighted by molar-refractivity contribution is 0.577. The number of aryl methyl sites for hydroxylation is 1. The molecular weight excluding hydrogens is 319 g/mol. The number of benzene rings is 1. The predicted octanol–water partition coefficient (Wildman–Crippen LogP) is 0.298. The number of halogens is 2. The van der Waals surface area contributed by atoms with E-state index in [1.54, 1.807) is 13.9 Å². The van der Waals surface area contributed by atoms with Gasteiger partial charge < -0.3 is 20.0 Å². The molecule has 0 fully saturated rings. The number of hydrogen-bond donors (Lipinski definition) is 2. The molecule has 0 bridgehead atoms. The second kappa shape index (κ2) is 5.80. The molecule has 10 heteroatoms. The molecule has 0 aliphatic rings. The SMILES string of the molecule is Bc1ccc(Nc2c(-c3nnc(N)o3)cn(C)c(=O)c2F)c(F)c1. The molecule has 0 atom stereocenters. The summed E-state index contributed by atoms with van der Waals surface area (Å²) in [6.45, 7) is 0. The summed E-state index contributed by atoms with van der Waals surface area (Å²) >= 11 is 0. The summed E-state index contributed by atoms with van der Waals surface area (Å²) in [6, 6.07) is 4.15. The largest absolute Gasteiger partial charge is 0.403 e. The molecule has 0 saturated carbocycles. The molecule has 2 aromatic heterocycles. The van der Waals surface area contributed by atoms with Crippen LogP contribution in [0, 0.1) is 11.6 Å². The van der Waals surface area contributed by atoms with Gasteiger partial charge in [0.05, 0.1) is 16.9 Å². The van der Waals surface area contributed by atoms with Gasteiger partial charge in [0.2, 0.25) is 5.82 Å². The molecule has 0 radical (unpaired) electrons. The molecule has 0 unspecified atom stereocenters. The lowest BCUT2D eigenvalue weighted by Gasteiger charge is -2.13. The molecule has 24 heavy (non-hydrogen) atoms. The number of nitrogens with one attached hydrogen (secondary N) is 1. The van der Waals surface area contributed by atoms with Crippen molar-refractivity contribution in [3.05, 3.63) is 46.4 Å². The van der Waals surface area contributed by atoms with Gasteiger partial charge in [-0.2, -0.15) is 4.39 Å². The number of hydrogen-bond acceptors (Lipinski definition) is 6. The van der Waals surface area contributed by atoms with Crippen LogP contribution in [0.5, 0.6) is 0 Å². The molecule has 3 rings (SSSR count). The van der Waals surface area contributed by atoms with Gasteiger partial charge in [0.25, 0.3) is 11.4 Å². The minimum Gasteiger partial charge on any atom is -0.403 e. The third kappa shape index (κ3) is 2.73. The lowest BCUT2D eigenvalue weighted by Crippen LogP contribution is -2.22. The highest BCUT2D eigenvalue weighted by Crippen LogP contribution is 2.31. The van der Waals surface area contributed by atoms with Crippen molar-refractivity contribution in [3.63, 3.8) is 0 Å². The lowest BCUT2D eigenvalue weighted by atomic mass is 9.96. The van der Waals surface area contributed by atoms with Gasteiger partial charge in [0.1, 0.15) is 13.7 Å². The van der Waals surface area contributed by atoms with Gasteiger partial charge >= 0.3 is 6.01 Å². The average Bonchev–Trinajstić information content (AvgIpc) is 2.96. The van der Waals surface area contributed by atoms with Crippen LogP contribution in [0.1, 0.15) is 0 Å². The number of rotatable bonds is 3. The number of aromatic nitrogens is 3. The van der Waals surface area contributed by atoms with Crippen molar-refractivity contribution in [2.24, 2.45) is 7.05 Å². The Labute approximate surface area is 135 Å². The molecule has 0 aliphatic carbocycles. The van der Waals surface area contributed by atoms with E-state index in [-0.39, 0.29) is 28.8 Å². The van der Waals surface area contributed by atoms with E-state index in [1.807, 2.05) is 0 Å². The van der Waals surface area contributed by atoms with E-state index < -0.39 is 17.2 Å². The fourth-order valence-electron chi connectivity index (χ4n) is 2.18. The monoisotopic (exact) mass is 331 g/mol. The normalized spacial score (nSPS) is 10.8. The highest BCUT2D eigenvalue weighted by Gasteiger charge is 2.21. The minimum absolute atomic E-state index is 0.00138. The third-order valence-electron chi connectivity index (χ3n) is 3.37. The zero-order chi connectivity index (χ0) is 17.4. The molecule has 2 heterocycles. The Balaban J connectivity index is 2.18. The maximum atomic E-state index is 14.5. The summed E-state index contributed by atoms with van der Waals surface area (Å²) in [5.74, 6) is -1.80. The van der Waals surface area contributed by atoms with Crippen LogP contribution in [0.25, 0.3) is 11.5 Å². The fourth-order valence-corrected chi connectivity index (χ4v) is 2.18. The average molecular weight is 331 g/mol. The zero-order valence-electron chi connectivity index (χ0n) is 12.8. The van der Waals surface area contributed by atoms with Crippen LogP contribution in [0.4, 0.5) is 26.2 Å². The maximum Gasteiger partial charge on any atom is 0.313 e. The van der Waals surface area contributed by atoms with Gasteiger partial charge in [-0.1, -0.05) is 16.6 Å². The topological polar surface area (TPSA) is 99.0 Å². The van der Waals surface area contributed by atoms with Crippen molar-refractivity contribution in [1.82, 2.24) is 14.8 Å². The first-order valence-electron chi connectivity index (χ1n) is 6.88. The van der Waals surface area contributed by atoms with Crippen LogP contribution in [0.3, 0.4) is 0 Å². The van der Waals surface area contributed by atoms with Crippen LogP contribution >= 0.6 is 0 Å². The first kappa shape index (κ1) is 15.7. The minimum atomic E-state index is -1.10. The van der Waals surface area contributed by atoms with E-state index in [9.17, 15) is 13.6 Å². The fraction of sp³-hybridized carbons (Fsp3) is 0.0714. The Morgan fingerprint density at radius 1 is 1.33 bits per heavy atom. The summed E-state index contributed by atoms with van der Waals surface area (Å²) in [5, 5.41) is 9.76. The molecule has 0 spiro atoms. The van der Waals surface area contributed by atoms with Crippen molar-refractivity contribution in [2.45, 2.75) is 0 Å². The van der Waals surface area contributed by atoms with Crippen LogP contribution in [-0.2, 0) is 7.05 Å². The smallest absolute Gasteiger partial charge is 0.313 e. The number of nitrogens with two attached hydrogens (primary N) is 1. The molecule has 0 amide bonds. The molecule has 0 aliphatic heterocycles. The Hall–Kier alpha value is -3.17. The van der Waals surface area contributed by atoms with Crippen molar-refractivity contribution in [3.8, 4) is 11.5 Å². The molecule has 3 aromatic rings. The first-order valence-corrected chi connectivity index (χ1v) is 6.88. The van der Waals surface area contributed by atoms with Crippen molar-refractivity contribution < 1.29 is 13.2 Å². The van der Waals surface area contributed by atoms with Crippen molar-refractivity contribution in [2.75, 3.05) is 11.1 Å². The summed E-state index contributed by atoms with van der Waals surface area (Å²) in [6.07, 6.45) is 1.30. The van der Waals surface area contributed by atoms with Crippen LogP contribution < -0.4 is 22.1 Å². The van der Waals surface area contributed by atoms with E-state index in [2.05, 4.69) is 15.5 Å². The summed E-state index contributed by atoms with van der Waals surface area (Å²) in [7, 11) is 3.09. The van der Waals surface area contributed by atoms with Gasteiger partial charge in [-0.3, -0.25) is 4.79 Å². The molecule has 122 valence electrons. The van der Waals surface area contributed by atoms with Gasteiger partial charge in [-0.05, 0) is 12.1 Å². The van der Waals surface area contributed by atoms with Crippen LogP contribution in [0.15, 0.2) is 33.6 Å². The number of pyridine rings is 1. The molecule has 0 saturated heterocycles. The quantitative estimate of drug-likeness (QED) is 0.670. The van der Waals surface area contributed by atoms with E-state index in [1.165, 1.54) is 25.4 Å². The van der Waals surface area contributed by atoms with Gasteiger partial charge in [-0.25, -0.2) is 4.39 Å². The standard InChI is InChI=1S/C14H12BF2N5O2/c1-22-5-7(12-20-21-14(18)24-12)11(10(17)13(22)23)19-9-3-2-6(15)4-8(9)16/h2-5,19H,15H2,1H3,(H2,18,21). The summed E-state index contributed by atoms with van der Waals surface area (Å²) < 4.78 is 34.6. The van der Waals surface area contributed by atoms with Crippen molar-refractivity contribution in [1.29, 1.82) is 0 Å². The maximum absolute atomic E-state index is 14.5. The van der Waals surface area contributed by atoms with Crippen molar-refractivity contribution >= 4 is 30.7 Å². The second-order valence-electron chi connectivity index (χ2n) is 5.20. The number of anilines is 3. The Morgan fingerprint density at radius 3 is 2.71 bits per heavy atom.